The van der Waals surface area contributed by atoms with Crippen molar-refractivity contribution < 1.29 is 4.79 Å². The molecular weight excluding hydrogens is 226 g/mol. The number of imidazole rings is 1. The van der Waals surface area contributed by atoms with E-state index in [2.05, 4.69) is 17.2 Å². The third kappa shape index (κ3) is 3.20. The van der Waals surface area contributed by atoms with Crippen molar-refractivity contribution in [1.29, 1.82) is 0 Å². The number of aromatic nitrogens is 2. The van der Waals surface area contributed by atoms with E-state index in [4.69, 9.17) is 0 Å². The molecule has 0 aliphatic carbocycles. The predicted octanol–water partition coefficient (Wildman–Crippen LogP) is 1.88. The first-order chi connectivity index (χ1) is 8.79. The standard InChI is InChI=1S/C14H17N3O/c1-2-12-3-5-13(6-4-12)14(18)16-8-10-17-9-7-15-11-17/h3-7,9,11H,2,8,10H2,1H3,(H,16,18). The number of nitrogens with one attached hydrogen (secondary N) is 1. The first kappa shape index (κ1) is 12.4. The second-order valence-electron chi connectivity index (χ2n) is 4.11. The molecule has 0 saturated carbocycles. The number of benzene rings is 1. The number of rotatable bonds is 5. The molecule has 0 fully saturated rings. The van der Waals surface area contributed by atoms with Gasteiger partial charge in [0.25, 0.3) is 5.91 Å². The number of hydrogen-bond acceptors (Lipinski definition) is 2. The average molecular weight is 243 g/mol. The molecule has 1 aromatic carbocycles. The lowest BCUT2D eigenvalue weighted by atomic mass is 10.1. The van der Waals surface area contributed by atoms with E-state index in [-0.39, 0.29) is 5.91 Å². The summed E-state index contributed by atoms with van der Waals surface area (Å²) >= 11 is 0. The lowest BCUT2D eigenvalue weighted by molar-refractivity contribution is 0.0952. The van der Waals surface area contributed by atoms with Gasteiger partial charge < -0.3 is 9.88 Å². The second-order valence-corrected chi connectivity index (χ2v) is 4.11. The van der Waals surface area contributed by atoms with Gasteiger partial charge in [0.1, 0.15) is 0 Å². The Balaban J connectivity index is 1.83. The van der Waals surface area contributed by atoms with Gasteiger partial charge in [-0.15, -0.1) is 0 Å². The maximum atomic E-state index is 11.8. The number of carbonyl (C=O) groups is 1. The average Bonchev–Trinajstić information content (AvgIpc) is 2.92. The van der Waals surface area contributed by atoms with Gasteiger partial charge in [0.15, 0.2) is 0 Å². The Morgan fingerprint density at radius 1 is 1.33 bits per heavy atom. The van der Waals surface area contributed by atoms with Crippen LogP contribution in [0.4, 0.5) is 0 Å². The van der Waals surface area contributed by atoms with Crippen LogP contribution in [-0.4, -0.2) is 22.0 Å². The zero-order valence-electron chi connectivity index (χ0n) is 10.5. The van der Waals surface area contributed by atoms with Gasteiger partial charge in [-0.25, -0.2) is 4.98 Å². The van der Waals surface area contributed by atoms with Crippen LogP contribution in [0, 0.1) is 0 Å². The van der Waals surface area contributed by atoms with Crippen LogP contribution in [0.15, 0.2) is 43.0 Å². The molecule has 0 unspecified atom stereocenters. The quantitative estimate of drug-likeness (QED) is 0.871. The molecule has 4 heteroatoms. The highest BCUT2D eigenvalue weighted by Crippen LogP contribution is 2.04. The summed E-state index contributed by atoms with van der Waals surface area (Å²) < 4.78 is 1.93. The molecule has 0 saturated heterocycles. The van der Waals surface area contributed by atoms with Gasteiger partial charge in [0.2, 0.25) is 0 Å². The van der Waals surface area contributed by atoms with E-state index in [9.17, 15) is 4.79 Å². The molecule has 0 aliphatic heterocycles. The van der Waals surface area contributed by atoms with Gasteiger partial charge in [0.05, 0.1) is 6.33 Å². The smallest absolute Gasteiger partial charge is 0.251 e. The summed E-state index contributed by atoms with van der Waals surface area (Å²) in [5.41, 5.74) is 1.95. The zero-order valence-corrected chi connectivity index (χ0v) is 10.5. The van der Waals surface area contributed by atoms with E-state index < -0.39 is 0 Å². The number of nitrogens with zero attached hydrogens (tertiary/aromatic N) is 2. The van der Waals surface area contributed by atoms with Crippen LogP contribution in [0.25, 0.3) is 0 Å². The number of carbonyl (C=O) groups excluding carboxylic acids is 1. The highest BCUT2D eigenvalue weighted by Gasteiger charge is 2.03. The van der Waals surface area contributed by atoms with Gasteiger partial charge in [0, 0.05) is 31.0 Å². The molecule has 18 heavy (non-hydrogen) atoms. The molecular formula is C14H17N3O. The summed E-state index contributed by atoms with van der Waals surface area (Å²) in [6.45, 7) is 3.43. The van der Waals surface area contributed by atoms with Crippen molar-refractivity contribution in [3.63, 3.8) is 0 Å². The summed E-state index contributed by atoms with van der Waals surface area (Å²) in [7, 11) is 0. The van der Waals surface area contributed by atoms with E-state index >= 15 is 0 Å². The molecule has 1 amide bonds. The lowest BCUT2D eigenvalue weighted by Crippen LogP contribution is -2.26. The summed E-state index contributed by atoms with van der Waals surface area (Å²) in [5.74, 6) is -0.0298. The number of amides is 1. The number of aryl methyl sites for hydroxylation is 1. The largest absolute Gasteiger partial charge is 0.350 e. The topological polar surface area (TPSA) is 46.9 Å². The molecule has 94 valence electrons. The minimum absolute atomic E-state index is 0.0298. The Hall–Kier alpha value is -2.10. The molecule has 1 aromatic heterocycles. The van der Waals surface area contributed by atoms with Crippen molar-refractivity contribution in [2.24, 2.45) is 0 Å². The highest BCUT2D eigenvalue weighted by atomic mass is 16.1. The van der Waals surface area contributed by atoms with Crippen molar-refractivity contribution in [1.82, 2.24) is 14.9 Å². The molecule has 0 aliphatic rings. The maximum Gasteiger partial charge on any atom is 0.251 e. The second kappa shape index (κ2) is 6.00. The summed E-state index contributed by atoms with van der Waals surface area (Å²) in [4.78, 5) is 15.8. The van der Waals surface area contributed by atoms with Gasteiger partial charge in [-0.2, -0.15) is 0 Å². The fourth-order valence-electron chi connectivity index (χ4n) is 1.71. The van der Waals surface area contributed by atoms with Crippen LogP contribution in [0.1, 0.15) is 22.8 Å². The van der Waals surface area contributed by atoms with Crippen LogP contribution >= 0.6 is 0 Å². The van der Waals surface area contributed by atoms with E-state index in [1.165, 1.54) is 5.56 Å². The molecule has 0 radical (unpaired) electrons. The van der Waals surface area contributed by atoms with Crippen LogP contribution in [0.2, 0.25) is 0 Å². The lowest BCUT2D eigenvalue weighted by Gasteiger charge is -2.06. The summed E-state index contributed by atoms with van der Waals surface area (Å²) in [6.07, 6.45) is 6.33. The van der Waals surface area contributed by atoms with Crippen molar-refractivity contribution >= 4 is 5.91 Å². The summed E-state index contributed by atoms with van der Waals surface area (Å²) in [6, 6.07) is 7.71. The molecule has 0 bridgehead atoms. The monoisotopic (exact) mass is 243 g/mol. The van der Waals surface area contributed by atoms with Gasteiger partial charge in [-0.3, -0.25) is 4.79 Å². The minimum atomic E-state index is -0.0298. The SMILES string of the molecule is CCc1ccc(C(=O)NCCn2ccnc2)cc1. The maximum absolute atomic E-state index is 11.8. The third-order valence-electron chi connectivity index (χ3n) is 2.84. The molecule has 1 heterocycles. The molecule has 2 aromatic rings. The Bertz CT molecular complexity index is 488. The van der Waals surface area contributed by atoms with Gasteiger partial charge in [-0.1, -0.05) is 19.1 Å². The first-order valence-electron chi connectivity index (χ1n) is 6.12. The van der Waals surface area contributed by atoms with Crippen molar-refractivity contribution in [2.45, 2.75) is 19.9 Å². The van der Waals surface area contributed by atoms with Crippen molar-refractivity contribution in [2.75, 3.05) is 6.54 Å². The molecule has 0 atom stereocenters. The van der Waals surface area contributed by atoms with Crippen LogP contribution in [-0.2, 0) is 13.0 Å². The fraction of sp³-hybridized carbons (Fsp3) is 0.286. The molecule has 4 nitrogen and oxygen atoms in total. The van der Waals surface area contributed by atoms with E-state index in [0.717, 1.165) is 13.0 Å². The van der Waals surface area contributed by atoms with Crippen LogP contribution < -0.4 is 5.32 Å². The fourth-order valence-corrected chi connectivity index (χ4v) is 1.71. The van der Waals surface area contributed by atoms with Gasteiger partial charge in [-0.05, 0) is 24.1 Å². The first-order valence-corrected chi connectivity index (χ1v) is 6.12. The highest BCUT2D eigenvalue weighted by molar-refractivity contribution is 5.94. The molecule has 1 N–H and O–H groups in total. The van der Waals surface area contributed by atoms with E-state index in [0.29, 0.717) is 12.1 Å². The van der Waals surface area contributed by atoms with Crippen molar-refractivity contribution in [3.05, 3.63) is 54.1 Å². The molecule has 0 spiro atoms. The van der Waals surface area contributed by atoms with E-state index in [1.54, 1.807) is 12.5 Å². The van der Waals surface area contributed by atoms with E-state index in [1.807, 2.05) is 35.0 Å². The minimum Gasteiger partial charge on any atom is -0.350 e. The Labute approximate surface area is 107 Å². The predicted molar refractivity (Wildman–Crippen MR) is 70.4 cm³/mol. The summed E-state index contributed by atoms with van der Waals surface area (Å²) in [5, 5.41) is 2.89. The third-order valence-corrected chi connectivity index (χ3v) is 2.84. The van der Waals surface area contributed by atoms with Gasteiger partial charge >= 0.3 is 0 Å². The Morgan fingerprint density at radius 3 is 2.72 bits per heavy atom. The van der Waals surface area contributed by atoms with Crippen LogP contribution in [0.3, 0.4) is 0 Å². The zero-order chi connectivity index (χ0) is 12.8. The van der Waals surface area contributed by atoms with Crippen molar-refractivity contribution in [3.8, 4) is 0 Å². The Kier molecular flexibility index (Phi) is 4.12. The molecule has 2 rings (SSSR count). The normalized spacial score (nSPS) is 10.3. The Morgan fingerprint density at radius 2 is 2.11 bits per heavy atom. The van der Waals surface area contributed by atoms with Crippen LogP contribution in [0.5, 0.6) is 0 Å². The number of hydrogen-bond donors (Lipinski definition) is 1.